The van der Waals surface area contributed by atoms with Crippen molar-refractivity contribution in [1.82, 2.24) is 20.3 Å². The molecule has 0 saturated carbocycles. The van der Waals surface area contributed by atoms with Crippen molar-refractivity contribution in [1.29, 1.82) is 5.26 Å². The lowest BCUT2D eigenvalue weighted by Crippen LogP contribution is -2.26. The van der Waals surface area contributed by atoms with Gasteiger partial charge in [-0.25, -0.2) is 4.68 Å². The molecule has 0 bridgehead atoms. The average molecular weight is 270 g/mol. The third-order valence-corrected chi connectivity index (χ3v) is 2.61. The third kappa shape index (κ3) is 3.18. The number of nitriles is 1. The Morgan fingerprint density at radius 2 is 2.15 bits per heavy atom. The summed E-state index contributed by atoms with van der Waals surface area (Å²) in [4.78, 5) is 11.6. The topological polar surface area (TPSA) is 95.6 Å². The molecule has 1 aromatic heterocycles. The van der Waals surface area contributed by atoms with E-state index in [2.05, 4.69) is 20.9 Å². The standard InChI is InChI=1S/C13H14N6O/c1-15-8-12(20)16-13-11(7-14)17-18-19(13)9-10-5-3-2-4-6-10/h2-6,15H,8-9H2,1H3,(H,16,20). The maximum Gasteiger partial charge on any atom is 0.239 e. The van der Waals surface area contributed by atoms with E-state index in [1.807, 2.05) is 36.4 Å². The van der Waals surface area contributed by atoms with Crippen LogP contribution in [0.15, 0.2) is 30.3 Å². The number of benzene rings is 1. The zero-order valence-corrected chi connectivity index (χ0v) is 11.0. The molecule has 0 atom stereocenters. The predicted molar refractivity (Wildman–Crippen MR) is 72.8 cm³/mol. The Labute approximate surface area is 116 Å². The number of carbonyl (C=O) groups is 1. The molecule has 0 aliphatic heterocycles. The van der Waals surface area contributed by atoms with Crippen LogP contribution in [0.25, 0.3) is 0 Å². The molecule has 102 valence electrons. The number of anilines is 1. The lowest BCUT2D eigenvalue weighted by Gasteiger charge is -2.08. The number of likely N-dealkylation sites (N-methyl/N-ethyl adjacent to an activating group) is 1. The minimum Gasteiger partial charge on any atom is -0.311 e. The summed E-state index contributed by atoms with van der Waals surface area (Å²) in [6, 6.07) is 11.5. The van der Waals surface area contributed by atoms with E-state index in [1.165, 1.54) is 4.68 Å². The fourth-order valence-corrected chi connectivity index (χ4v) is 1.72. The highest BCUT2D eigenvalue weighted by atomic mass is 16.2. The number of nitrogens with one attached hydrogen (secondary N) is 2. The van der Waals surface area contributed by atoms with Gasteiger partial charge in [-0.2, -0.15) is 5.26 Å². The van der Waals surface area contributed by atoms with E-state index in [1.54, 1.807) is 7.05 Å². The van der Waals surface area contributed by atoms with Crippen LogP contribution < -0.4 is 10.6 Å². The first kappa shape index (κ1) is 13.7. The molecule has 0 radical (unpaired) electrons. The van der Waals surface area contributed by atoms with Gasteiger partial charge in [0.25, 0.3) is 0 Å². The number of aromatic nitrogens is 3. The van der Waals surface area contributed by atoms with E-state index >= 15 is 0 Å². The van der Waals surface area contributed by atoms with Gasteiger partial charge in [-0.15, -0.1) is 5.10 Å². The van der Waals surface area contributed by atoms with Gasteiger partial charge in [0.05, 0.1) is 13.1 Å². The quantitative estimate of drug-likeness (QED) is 0.817. The van der Waals surface area contributed by atoms with Crippen molar-refractivity contribution in [3.63, 3.8) is 0 Å². The molecule has 0 unspecified atom stereocenters. The summed E-state index contributed by atoms with van der Waals surface area (Å²) in [5.74, 6) is 0.0669. The van der Waals surface area contributed by atoms with Crippen molar-refractivity contribution in [3.05, 3.63) is 41.6 Å². The maximum atomic E-state index is 11.6. The third-order valence-electron chi connectivity index (χ3n) is 2.61. The highest BCUT2D eigenvalue weighted by Crippen LogP contribution is 2.13. The van der Waals surface area contributed by atoms with Gasteiger partial charge in [-0.05, 0) is 12.6 Å². The molecule has 7 nitrogen and oxygen atoms in total. The second-order valence-corrected chi connectivity index (χ2v) is 4.12. The van der Waals surface area contributed by atoms with Gasteiger partial charge < -0.3 is 10.6 Å². The molecule has 7 heteroatoms. The van der Waals surface area contributed by atoms with Gasteiger partial charge in [0.2, 0.25) is 11.6 Å². The van der Waals surface area contributed by atoms with E-state index in [0.29, 0.717) is 12.4 Å². The summed E-state index contributed by atoms with van der Waals surface area (Å²) in [7, 11) is 1.67. The van der Waals surface area contributed by atoms with Gasteiger partial charge in [-0.1, -0.05) is 35.5 Å². The van der Waals surface area contributed by atoms with Gasteiger partial charge >= 0.3 is 0 Å². The summed E-state index contributed by atoms with van der Waals surface area (Å²) in [6.07, 6.45) is 0. The van der Waals surface area contributed by atoms with Crippen LogP contribution in [0.2, 0.25) is 0 Å². The van der Waals surface area contributed by atoms with Crippen LogP contribution >= 0.6 is 0 Å². The van der Waals surface area contributed by atoms with E-state index in [9.17, 15) is 4.79 Å². The lowest BCUT2D eigenvalue weighted by molar-refractivity contribution is -0.115. The fourth-order valence-electron chi connectivity index (χ4n) is 1.72. The Morgan fingerprint density at radius 3 is 2.80 bits per heavy atom. The lowest BCUT2D eigenvalue weighted by atomic mass is 10.2. The Balaban J connectivity index is 2.23. The minimum absolute atomic E-state index is 0.102. The number of hydrogen-bond acceptors (Lipinski definition) is 5. The van der Waals surface area contributed by atoms with Crippen LogP contribution in [0, 0.1) is 11.3 Å². The molecule has 1 amide bonds. The van der Waals surface area contributed by atoms with Crippen LogP contribution in [-0.2, 0) is 11.3 Å². The molecule has 20 heavy (non-hydrogen) atoms. The fraction of sp³-hybridized carbons (Fsp3) is 0.231. The second-order valence-electron chi connectivity index (χ2n) is 4.12. The monoisotopic (exact) mass is 270 g/mol. The van der Waals surface area contributed by atoms with E-state index < -0.39 is 0 Å². The smallest absolute Gasteiger partial charge is 0.239 e. The molecule has 0 aliphatic rings. The molecule has 0 saturated heterocycles. The maximum absolute atomic E-state index is 11.6. The van der Waals surface area contributed by atoms with Gasteiger partial charge in [0, 0.05) is 0 Å². The van der Waals surface area contributed by atoms with Crippen LogP contribution in [-0.4, -0.2) is 34.5 Å². The molecular weight excluding hydrogens is 256 g/mol. The number of carbonyl (C=O) groups excluding carboxylic acids is 1. The summed E-state index contributed by atoms with van der Waals surface area (Å²) in [6.45, 7) is 0.589. The normalized spacial score (nSPS) is 10.0. The first-order chi connectivity index (χ1) is 9.74. The highest BCUT2D eigenvalue weighted by molar-refractivity contribution is 5.92. The van der Waals surface area contributed by atoms with Crippen LogP contribution in [0.4, 0.5) is 5.82 Å². The summed E-state index contributed by atoms with van der Waals surface area (Å²) < 4.78 is 1.50. The summed E-state index contributed by atoms with van der Waals surface area (Å²) >= 11 is 0. The Kier molecular flexibility index (Phi) is 4.42. The zero-order chi connectivity index (χ0) is 14.4. The summed E-state index contributed by atoms with van der Waals surface area (Å²) in [5, 5.41) is 22.1. The first-order valence-corrected chi connectivity index (χ1v) is 6.06. The van der Waals surface area contributed by atoms with Crippen molar-refractivity contribution in [2.24, 2.45) is 0 Å². The zero-order valence-electron chi connectivity index (χ0n) is 11.0. The van der Waals surface area contributed by atoms with Crippen molar-refractivity contribution >= 4 is 11.7 Å². The summed E-state index contributed by atoms with van der Waals surface area (Å²) in [5.41, 5.74) is 1.11. The van der Waals surface area contributed by atoms with Crippen molar-refractivity contribution < 1.29 is 4.79 Å². The molecule has 1 heterocycles. The number of nitrogens with zero attached hydrogens (tertiary/aromatic N) is 4. The highest BCUT2D eigenvalue weighted by Gasteiger charge is 2.15. The van der Waals surface area contributed by atoms with Crippen molar-refractivity contribution in [3.8, 4) is 6.07 Å². The van der Waals surface area contributed by atoms with Crippen LogP contribution in [0.5, 0.6) is 0 Å². The van der Waals surface area contributed by atoms with Crippen molar-refractivity contribution in [2.75, 3.05) is 18.9 Å². The largest absolute Gasteiger partial charge is 0.311 e. The molecule has 2 N–H and O–H groups in total. The average Bonchev–Trinajstić information content (AvgIpc) is 2.82. The molecule has 0 spiro atoms. The SMILES string of the molecule is CNCC(=O)Nc1c(C#N)nnn1Cc1ccccc1. The second kappa shape index (κ2) is 6.45. The Bertz CT molecular complexity index is 628. The number of amides is 1. The molecule has 2 aromatic rings. The predicted octanol–water partition coefficient (Wildman–Crippen LogP) is 0.356. The van der Waals surface area contributed by atoms with Gasteiger partial charge in [0.1, 0.15) is 6.07 Å². The van der Waals surface area contributed by atoms with Crippen LogP contribution in [0.3, 0.4) is 0 Å². The molecule has 1 aromatic carbocycles. The molecule has 0 aliphatic carbocycles. The molecular formula is C13H14N6O. The first-order valence-electron chi connectivity index (χ1n) is 6.06. The van der Waals surface area contributed by atoms with E-state index in [4.69, 9.17) is 5.26 Å². The van der Waals surface area contributed by atoms with Crippen molar-refractivity contribution in [2.45, 2.75) is 6.54 Å². The number of hydrogen-bond donors (Lipinski definition) is 2. The number of rotatable bonds is 5. The van der Waals surface area contributed by atoms with Gasteiger partial charge in [0.15, 0.2) is 5.82 Å². The van der Waals surface area contributed by atoms with Crippen LogP contribution in [0.1, 0.15) is 11.3 Å². The van der Waals surface area contributed by atoms with E-state index in [0.717, 1.165) is 5.56 Å². The van der Waals surface area contributed by atoms with E-state index in [-0.39, 0.29) is 18.1 Å². The molecule has 2 rings (SSSR count). The minimum atomic E-state index is -0.249. The molecule has 0 fully saturated rings. The Morgan fingerprint density at radius 1 is 1.40 bits per heavy atom. The van der Waals surface area contributed by atoms with Gasteiger partial charge in [-0.3, -0.25) is 4.79 Å². The Hall–Kier alpha value is -2.72.